The van der Waals surface area contributed by atoms with Crippen LogP contribution in [0.1, 0.15) is 12.5 Å². The lowest BCUT2D eigenvalue weighted by molar-refractivity contribution is 0.565. The van der Waals surface area contributed by atoms with Crippen molar-refractivity contribution in [1.29, 1.82) is 0 Å². The molecule has 3 N–H and O–H groups in total. The van der Waals surface area contributed by atoms with E-state index in [0.29, 0.717) is 12.1 Å². The summed E-state index contributed by atoms with van der Waals surface area (Å²) in [5.74, 6) is -0.425. The number of rotatable bonds is 3. The van der Waals surface area contributed by atoms with Crippen molar-refractivity contribution in [2.75, 3.05) is 11.3 Å². The van der Waals surface area contributed by atoms with Gasteiger partial charge in [-0.2, -0.15) is 0 Å². The van der Waals surface area contributed by atoms with Crippen LogP contribution in [0, 0.1) is 12.7 Å². The summed E-state index contributed by atoms with van der Waals surface area (Å²) in [5, 5.41) is -0.583. The SMILES string of the molecule is Cc1c(F)cccc1NS(=O)(=O)C1CNNC1C. The third-order valence-corrected chi connectivity index (χ3v) is 4.99. The molecule has 1 saturated heterocycles. The van der Waals surface area contributed by atoms with Crippen LogP contribution in [0.3, 0.4) is 0 Å². The van der Waals surface area contributed by atoms with Crippen LogP contribution in [0.2, 0.25) is 0 Å². The van der Waals surface area contributed by atoms with E-state index in [1.54, 1.807) is 19.9 Å². The summed E-state index contributed by atoms with van der Waals surface area (Å²) in [6, 6.07) is 4.14. The highest BCUT2D eigenvalue weighted by atomic mass is 32.2. The summed E-state index contributed by atoms with van der Waals surface area (Å²) in [7, 11) is -3.54. The Balaban J connectivity index is 2.25. The van der Waals surface area contributed by atoms with Gasteiger partial charge in [-0.25, -0.2) is 12.8 Å². The van der Waals surface area contributed by atoms with Crippen molar-refractivity contribution in [3.8, 4) is 0 Å². The topological polar surface area (TPSA) is 70.2 Å². The largest absolute Gasteiger partial charge is 0.283 e. The lowest BCUT2D eigenvalue weighted by atomic mass is 10.2. The van der Waals surface area contributed by atoms with E-state index in [1.165, 1.54) is 12.1 Å². The van der Waals surface area contributed by atoms with Crippen molar-refractivity contribution in [2.24, 2.45) is 0 Å². The zero-order valence-electron chi connectivity index (χ0n) is 10.2. The minimum Gasteiger partial charge on any atom is -0.283 e. The molecule has 1 aromatic rings. The van der Waals surface area contributed by atoms with E-state index in [4.69, 9.17) is 0 Å². The lowest BCUT2D eigenvalue weighted by Crippen LogP contribution is -2.38. The molecule has 0 radical (unpaired) electrons. The van der Waals surface area contributed by atoms with Gasteiger partial charge in [0.2, 0.25) is 10.0 Å². The molecule has 1 aliphatic rings. The van der Waals surface area contributed by atoms with Gasteiger partial charge in [0.1, 0.15) is 11.1 Å². The first-order chi connectivity index (χ1) is 8.42. The second-order valence-corrected chi connectivity index (χ2v) is 6.31. The fourth-order valence-corrected chi connectivity index (χ4v) is 3.50. The molecular weight excluding hydrogens is 257 g/mol. The molecule has 2 rings (SSSR count). The van der Waals surface area contributed by atoms with Gasteiger partial charge in [0, 0.05) is 18.2 Å². The Labute approximate surface area is 106 Å². The van der Waals surface area contributed by atoms with Crippen LogP contribution in [-0.2, 0) is 10.0 Å². The summed E-state index contributed by atoms with van der Waals surface area (Å²) in [6.45, 7) is 3.65. The maximum atomic E-state index is 13.3. The highest BCUT2D eigenvalue weighted by molar-refractivity contribution is 7.93. The number of halogens is 1. The van der Waals surface area contributed by atoms with Gasteiger partial charge in [0.25, 0.3) is 0 Å². The van der Waals surface area contributed by atoms with Crippen LogP contribution in [0.15, 0.2) is 18.2 Å². The van der Waals surface area contributed by atoms with E-state index in [-0.39, 0.29) is 11.7 Å². The maximum Gasteiger partial charge on any atom is 0.238 e. The minimum atomic E-state index is -3.54. The van der Waals surface area contributed by atoms with Gasteiger partial charge in [-0.1, -0.05) is 6.07 Å². The Morgan fingerprint density at radius 1 is 1.44 bits per heavy atom. The van der Waals surface area contributed by atoms with Crippen LogP contribution in [-0.4, -0.2) is 26.3 Å². The number of hydrogen-bond donors (Lipinski definition) is 3. The molecule has 0 aromatic heterocycles. The van der Waals surface area contributed by atoms with Crippen molar-refractivity contribution in [2.45, 2.75) is 25.1 Å². The van der Waals surface area contributed by atoms with Gasteiger partial charge in [-0.3, -0.25) is 15.6 Å². The average molecular weight is 273 g/mol. The molecule has 7 heteroatoms. The highest BCUT2D eigenvalue weighted by Crippen LogP contribution is 2.21. The third kappa shape index (κ3) is 2.47. The molecule has 0 aliphatic carbocycles. The summed E-state index contributed by atoms with van der Waals surface area (Å²) >= 11 is 0. The first-order valence-electron chi connectivity index (χ1n) is 5.67. The van der Waals surface area contributed by atoms with Crippen LogP contribution < -0.4 is 15.6 Å². The summed E-state index contributed by atoms with van der Waals surface area (Å²) in [4.78, 5) is 0. The van der Waals surface area contributed by atoms with Gasteiger partial charge >= 0.3 is 0 Å². The van der Waals surface area contributed by atoms with E-state index >= 15 is 0 Å². The molecule has 2 unspecified atom stereocenters. The molecule has 1 fully saturated rings. The predicted molar refractivity (Wildman–Crippen MR) is 68.1 cm³/mol. The van der Waals surface area contributed by atoms with Crippen molar-refractivity contribution >= 4 is 15.7 Å². The number of sulfonamides is 1. The predicted octanol–water partition coefficient (Wildman–Crippen LogP) is 0.741. The molecule has 18 heavy (non-hydrogen) atoms. The molecule has 0 bridgehead atoms. The van der Waals surface area contributed by atoms with Gasteiger partial charge in [0.05, 0.1) is 5.69 Å². The Kier molecular flexibility index (Phi) is 3.56. The van der Waals surface area contributed by atoms with Crippen LogP contribution in [0.5, 0.6) is 0 Å². The van der Waals surface area contributed by atoms with Crippen molar-refractivity contribution in [3.63, 3.8) is 0 Å². The fraction of sp³-hybridized carbons (Fsp3) is 0.455. The third-order valence-electron chi connectivity index (χ3n) is 3.11. The summed E-state index contributed by atoms with van der Waals surface area (Å²) in [6.07, 6.45) is 0. The van der Waals surface area contributed by atoms with Gasteiger partial charge in [-0.05, 0) is 26.0 Å². The number of benzene rings is 1. The Bertz CT molecular complexity index is 547. The number of hydrazine groups is 1. The van der Waals surface area contributed by atoms with E-state index in [0.717, 1.165) is 0 Å². The average Bonchev–Trinajstić information content (AvgIpc) is 2.72. The number of nitrogens with one attached hydrogen (secondary N) is 3. The summed E-state index contributed by atoms with van der Waals surface area (Å²) < 4.78 is 40.1. The van der Waals surface area contributed by atoms with E-state index < -0.39 is 21.1 Å². The van der Waals surface area contributed by atoms with Gasteiger partial charge < -0.3 is 0 Å². The Morgan fingerprint density at radius 3 is 2.78 bits per heavy atom. The second kappa shape index (κ2) is 4.83. The van der Waals surface area contributed by atoms with E-state index in [9.17, 15) is 12.8 Å². The standard InChI is InChI=1S/C11H16FN3O2S/c1-7-9(12)4-3-5-10(7)15-18(16,17)11-6-13-14-8(11)2/h3-5,8,11,13-15H,6H2,1-2H3. The first kappa shape index (κ1) is 13.3. The molecule has 1 heterocycles. The molecule has 0 saturated carbocycles. The lowest BCUT2D eigenvalue weighted by Gasteiger charge is -2.17. The number of anilines is 1. The molecule has 1 aliphatic heterocycles. The number of hydrogen-bond acceptors (Lipinski definition) is 4. The fourth-order valence-electron chi connectivity index (χ4n) is 1.92. The molecule has 5 nitrogen and oxygen atoms in total. The molecule has 0 amide bonds. The van der Waals surface area contributed by atoms with E-state index in [1.807, 2.05) is 0 Å². The van der Waals surface area contributed by atoms with Gasteiger partial charge in [0.15, 0.2) is 0 Å². The van der Waals surface area contributed by atoms with Gasteiger partial charge in [-0.15, -0.1) is 0 Å². The molecular formula is C11H16FN3O2S. The smallest absolute Gasteiger partial charge is 0.238 e. The monoisotopic (exact) mass is 273 g/mol. The van der Waals surface area contributed by atoms with Crippen molar-refractivity contribution in [1.82, 2.24) is 10.9 Å². The van der Waals surface area contributed by atoms with Crippen LogP contribution in [0.25, 0.3) is 0 Å². The summed E-state index contributed by atoms with van der Waals surface area (Å²) in [5.41, 5.74) is 6.23. The quantitative estimate of drug-likeness (QED) is 0.760. The first-order valence-corrected chi connectivity index (χ1v) is 7.21. The highest BCUT2D eigenvalue weighted by Gasteiger charge is 2.35. The van der Waals surface area contributed by atoms with Crippen LogP contribution in [0.4, 0.5) is 10.1 Å². The molecule has 1 aromatic carbocycles. The minimum absolute atomic E-state index is 0.198. The Morgan fingerprint density at radius 2 is 2.17 bits per heavy atom. The Hall–Kier alpha value is -1.18. The molecule has 100 valence electrons. The maximum absolute atomic E-state index is 13.3. The molecule has 2 atom stereocenters. The van der Waals surface area contributed by atoms with Crippen molar-refractivity contribution < 1.29 is 12.8 Å². The zero-order valence-corrected chi connectivity index (χ0v) is 11.0. The molecule has 0 spiro atoms. The zero-order chi connectivity index (χ0) is 13.3. The van der Waals surface area contributed by atoms with Crippen LogP contribution >= 0.6 is 0 Å². The van der Waals surface area contributed by atoms with Crippen molar-refractivity contribution in [3.05, 3.63) is 29.6 Å². The second-order valence-electron chi connectivity index (χ2n) is 4.41. The van der Waals surface area contributed by atoms with E-state index in [2.05, 4.69) is 15.6 Å². The normalized spacial score (nSPS) is 24.2.